The molecule has 1 saturated heterocycles. The van der Waals surface area contributed by atoms with Gasteiger partial charge in [0.15, 0.2) is 0 Å². The SMILES string of the molecule is CN1CCC(N(C)C2=C(c3cccs3)C(=O)N(c3ccccc3F)C2=O)CC1. The number of anilines is 1. The van der Waals surface area contributed by atoms with E-state index in [2.05, 4.69) is 11.9 Å². The van der Waals surface area contributed by atoms with Crippen LogP contribution >= 0.6 is 11.3 Å². The number of nitrogens with zero attached hydrogens (tertiary/aromatic N) is 3. The summed E-state index contributed by atoms with van der Waals surface area (Å²) in [5.41, 5.74) is 0.730. The van der Waals surface area contributed by atoms with Crippen LogP contribution in [0.15, 0.2) is 47.5 Å². The van der Waals surface area contributed by atoms with E-state index in [0.717, 1.165) is 35.7 Å². The van der Waals surface area contributed by atoms with Crippen LogP contribution in [-0.2, 0) is 9.59 Å². The molecule has 7 heteroatoms. The van der Waals surface area contributed by atoms with E-state index in [1.807, 2.05) is 29.5 Å². The zero-order valence-corrected chi connectivity index (χ0v) is 16.7. The fourth-order valence-corrected chi connectivity index (χ4v) is 4.67. The average Bonchev–Trinajstić information content (AvgIpc) is 3.29. The van der Waals surface area contributed by atoms with Gasteiger partial charge < -0.3 is 9.80 Å². The summed E-state index contributed by atoms with van der Waals surface area (Å²) in [5, 5.41) is 1.87. The lowest BCUT2D eigenvalue weighted by Gasteiger charge is -2.36. The first-order chi connectivity index (χ1) is 13.5. The van der Waals surface area contributed by atoms with Crippen LogP contribution in [0.3, 0.4) is 0 Å². The minimum atomic E-state index is -0.585. The molecule has 3 heterocycles. The Morgan fingerprint density at radius 3 is 2.43 bits per heavy atom. The summed E-state index contributed by atoms with van der Waals surface area (Å²) in [5.74, 6) is -1.51. The Morgan fingerprint density at radius 1 is 1.07 bits per heavy atom. The van der Waals surface area contributed by atoms with Crippen LogP contribution in [0.5, 0.6) is 0 Å². The van der Waals surface area contributed by atoms with Gasteiger partial charge >= 0.3 is 0 Å². The van der Waals surface area contributed by atoms with Gasteiger partial charge in [-0.3, -0.25) is 9.59 Å². The second-order valence-corrected chi connectivity index (χ2v) is 8.19. The maximum atomic E-state index is 14.4. The zero-order valence-electron chi connectivity index (χ0n) is 15.9. The molecule has 5 nitrogen and oxygen atoms in total. The second kappa shape index (κ2) is 7.48. The van der Waals surface area contributed by atoms with E-state index in [1.165, 1.54) is 23.5 Å². The highest BCUT2D eigenvalue weighted by molar-refractivity contribution is 7.11. The maximum Gasteiger partial charge on any atom is 0.282 e. The number of likely N-dealkylation sites (tertiary alicyclic amines) is 1. The summed E-state index contributed by atoms with van der Waals surface area (Å²) in [4.78, 5) is 32.5. The molecule has 2 amide bonds. The van der Waals surface area contributed by atoms with Crippen molar-refractivity contribution >= 4 is 34.4 Å². The molecule has 0 atom stereocenters. The Hall–Kier alpha value is -2.51. The number of halogens is 1. The smallest absolute Gasteiger partial charge is 0.282 e. The standard InChI is InChI=1S/C21H22FN3O2S/c1-23-11-9-14(10-12-23)24(2)19-18(17-8-5-13-28-17)20(26)25(21(19)27)16-7-4-3-6-15(16)22/h3-8,13-14H,9-12H2,1-2H3. The minimum absolute atomic E-state index is 0.00154. The predicted octanol–water partition coefficient (Wildman–Crippen LogP) is 3.20. The van der Waals surface area contributed by atoms with Crippen molar-refractivity contribution in [2.45, 2.75) is 18.9 Å². The molecule has 2 aliphatic rings. The summed E-state index contributed by atoms with van der Waals surface area (Å²) in [6, 6.07) is 9.75. The molecule has 0 radical (unpaired) electrons. The number of thiophene rings is 1. The third-order valence-electron chi connectivity index (χ3n) is 5.51. The number of hydrogen-bond acceptors (Lipinski definition) is 5. The Kier molecular flexibility index (Phi) is 5.03. The van der Waals surface area contributed by atoms with Gasteiger partial charge in [-0.2, -0.15) is 0 Å². The first-order valence-electron chi connectivity index (χ1n) is 9.32. The Morgan fingerprint density at radius 2 is 1.79 bits per heavy atom. The normalized spacial score (nSPS) is 19.0. The largest absolute Gasteiger partial charge is 0.366 e. The zero-order chi connectivity index (χ0) is 19.8. The molecule has 1 aromatic heterocycles. The monoisotopic (exact) mass is 399 g/mol. The van der Waals surface area contributed by atoms with E-state index in [0.29, 0.717) is 11.3 Å². The van der Waals surface area contributed by atoms with Crippen LogP contribution in [-0.4, -0.2) is 54.8 Å². The van der Waals surface area contributed by atoms with Gasteiger partial charge in [-0.05, 0) is 56.6 Å². The van der Waals surface area contributed by atoms with E-state index in [1.54, 1.807) is 12.1 Å². The highest BCUT2D eigenvalue weighted by Crippen LogP contribution is 2.38. The van der Waals surface area contributed by atoms with E-state index >= 15 is 0 Å². The number of piperidine rings is 1. The lowest BCUT2D eigenvalue weighted by molar-refractivity contribution is -0.120. The Balaban J connectivity index is 1.77. The highest BCUT2D eigenvalue weighted by atomic mass is 32.1. The number of carbonyl (C=O) groups is 2. The summed E-state index contributed by atoms with van der Waals surface area (Å²) in [6.07, 6.45) is 1.82. The lowest BCUT2D eigenvalue weighted by Crippen LogP contribution is -2.43. The van der Waals surface area contributed by atoms with Crippen LogP contribution in [0, 0.1) is 5.82 Å². The minimum Gasteiger partial charge on any atom is -0.366 e. The highest BCUT2D eigenvalue weighted by Gasteiger charge is 2.44. The maximum absolute atomic E-state index is 14.4. The molecule has 2 aliphatic heterocycles. The molecule has 0 saturated carbocycles. The Labute approximate surface area is 167 Å². The lowest BCUT2D eigenvalue weighted by atomic mass is 10.0. The molecule has 0 bridgehead atoms. The van der Waals surface area contributed by atoms with E-state index in [9.17, 15) is 14.0 Å². The third kappa shape index (κ3) is 3.14. The van der Waals surface area contributed by atoms with E-state index < -0.39 is 17.6 Å². The predicted molar refractivity (Wildman–Crippen MR) is 108 cm³/mol. The molecule has 0 unspecified atom stereocenters. The van der Waals surface area contributed by atoms with Gasteiger partial charge in [0.2, 0.25) is 0 Å². The average molecular weight is 399 g/mol. The van der Waals surface area contributed by atoms with Crippen molar-refractivity contribution in [3.05, 3.63) is 58.2 Å². The van der Waals surface area contributed by atoms with Crippen molar-refractivity contribution in [3.63, 3.8) is 0 Å². The number of carbonyl (C=O) groups excluding carboxylic acids is 2. The molecular formula is C21H22FN3O2S. The van der Waals surface area contributed by atoms with Gasteiger partial charge in [-0.1, -0.05) is 18.2 Å². The quantitative estimate of drug-likeness (QED) is 0.741. The molecular weight excluding hydrogens is 377 g/mol. The fraction of sp³-hybridized carbons (Fsp3) is 0.333. The number of likely N-dealkylation sites (N-methyl/N-ethyl adjacent to an activating group) is 1. The molecule has 28 heavy (non-hydrogen) atoms. The van der Waals surface area contributed by atoms with Gasteiger partial charge in [0.25, 0.3) is 11.8 Å². The van der Waals surface area contributed by atoms with Gasteiger partial charge in [0.05, 0.1) is 11.3 Å². The molecule has 0 N–H and O–H groups in total. The molecule has 4 rings (SSSR count). The van der Waals surface area contributed by atoms with Gasteiger partial charge in [-0.25, -0.2) is 9.29 Å². The van der Waals surface area contributed by atoms with Crippen molar-refractivity contribution in [2.75, 3.05) is 32.1 Å². The van der Waals surface area contributed by atoms with Gasteiger partial charge in [0, 0.05) is 18.0 Å². The first kappa shape index (κ1) is 18.8. The van der Waals surface area contributed by atoms with E-state index in [4.69, 9.17) is 0 Å². The van der Waals surface area contributed by atoms with Crippen molar-refractivity contribution in [1.29, 1.82) is 0 Å². The second-order valence-electron chi connectivity index (χ2n) is 7.24. The number of hydrogen-bond donors (Lipinski definition) is 0. The number of amides is 2. The topological polar surface area (TPSA) is 43.9 Å². The number of para-hydroxylation sites is 1. The molecule has 1 aromatic carbocycles. The summed E-state index contributed by atoms with van der Waals surface area (Å²) >= 11 is 1.41. The molecule has 1 fully saturated rings. The van der Waals surface area contributed by atoms with Crippen LogP contribution < -0.4 is 4.90 Å². The fourth-order valence-electron chi connectivity index (χ4n) is 3.90. The summed E-state index contributed by atoms with van der Waals surface area (Å²) < 4.78 is 14.4. The molecule has 146 valence electrons. The van der Waals surface area contributed by atoms with Crippen molar-refractivity contribution < 1.29 is 14.0 Å². The summed E-state index contributed by atoms with van der Waals surface area (Å²) in [6.45, 7) is 1.88. The van der Waals surface area contributed by atoms with Crippen molar-refractivity contribution in [2.24, 2.45) is 0 Å². The third-order valence-corrected chi connectivity index (χ3v) is 6.40. The van der Waals surface area contributed by atoms with Crippen molar-refractivity contribution in [1.82, 2.24) is 9.80 Å². The van der Waals surface area contributed by atoms with Crippen LogP contribution in [0.4, 0.5) is 10.1 Å². The number of rotatable bonds is 4. The Bertz CT molecular complexity index is 933. The molecule has 2 aromatic rings. The number of imide groups is 1. The molecule has 0 aliphatic carbocycles. The first-order valence-corrected chi connectivity index (χ1v) is 10.2. The van der Waals surface area contributed by atoms with Gasteiger partial charge in [0.1, 0.15) is 11.5 Å². The molecule has 0 spiro atoms. The van der Waals surface area contributed by atoms with Crippen molar-refractivity contribution in [3.8, 4) is 0 Å². The summed E-state index contributed by atoms with van der Waals surface area (Å²) in [7, 11) is 3.95. The number of benzene rings is 1. The van der Waals surface area contributed by atoms with Crippen LogP contribution in [0.2, 0.25) is 0 Å². The van der Waals surface area contributed by atoms with Crippen LogP contribution in [0.25, 0.3) is 5.57 Å². The van der Waals surface area contributed by atoms with Gasteiger partial charge in [-0.15, -0.1) is 11.3 Å². The van der Waals surface area contributed by atoms with E-state index in [-0.39, 0.29) is 11.7 Å². The van der Waals surface area contributed by atoms with Crippen LogP contribution in [0.1, 0.15) is 17.7 Å².